The molecule has 0 amide bonds. The molecule has 0 saturated heterocycles. The molecule has 5 heterocycles. The van der Waals surface area contributed by atoms with Crippen molar-refractivity contribution >= 4 is 76.2 Å². The van der Waals surface area contributed by atoms with Gasteiger partial charge in [0.25, 0.3) is 0 Å². The van der Waals surface area contributed by atoms with Crippen LogP contribution in [0.1, 0.15) is 0 Å². The van der Waals surface area contributed by atoms with E-state index in [0.29, 0.717) is 56.0 Å². The molecule has 11 heteroatoms. The number of fused-ring (bicyclic) bond motifs is 20. The van der Waals surface area contributed by atoms with E-state index in [1.54, 1.807) is 12.1 Å². The molecule has 8 bridgehead atoms. The van der Waals surface area contributed by atoms with E-state index in [-0.39, 0.29) is 4.90 Å². The summed E-state index contributed by atoms with van der Waals surface area (Å²) in [6.45, 7) is 3.56. The number of H-pyrrole nitrogens is 4. The highest BCUT2D eigenvalue weighted by Crippen LogP contribution is 2.38. The molecule has 0 saturated carbocycles. The molecule has 4 aromatic carbocycles. The van der Waals surface area contributed by atoms with Crippen molar-refractivity contribution in [1.82, 2.24) is 19.9 Å². The normalized spacial score (nSPS) is 13.0. The first-order valence-corrected chi connectivity index (χ1v) is 15.7. The summed E-state index contributed by atoms with van der Waals surface area (Å²) in [5.41, 5.74) is 2.31. The highest BCUT2D eigenvalue weighted by Gasteiger charge is 2.21. The standard InChI is InChI=1S/C34H22N8O2S/c1-2-45(43,44)25-17-9-16-24-26(25)34-41-32-23-15-8-7-14-22(23)30(39-32)37-28-19-11-4-3-10-18(19)27(35-28)36-29-20-12-5-6-13-21(20)31(38-29)40-33(24)42-34/h2-17H,1H2,(H4,35,36,37,38,39,40,41,42). The molecule has 0 spiro atoms. The molecule has 1 aliphatic rings. The largest absolute Gasteiger partial charge is 0.324 e. The topological polar surface area (TPSA) is 147 Å². The molecule has 9 rings (SSSR count). The monoisotopic (exact) mass is 606 g/mol. The molecule has 0 radical (unpaired) electrons. The molecule has 0 atom stereocenters. The molecule has 216 valence electrons. The number of nitrogens with zero attached hydrogens (tertiary/aromatic N) is 4. The Kier molecular flexibility index (Phi) is 5.21. The van der Waals surface area contributed by atoms with Crippen molar-refractivity contribution in [1.29, 1.82) is 0 Å². The van der Waals surface area contributed by atoms with Crippen LogP contribution in [-0.4, -0.2) is 28.4 Å². The molecule has 10 nitrogen and oxygen atoms in total. The number of aromatic nitrogens is 4. The lowest BCUT2D eigenvalue weighted by molar-refractivity contribution is 0.605. The van der Waals surface area contributed by atoms with Crippen LogP contribution in [0.2, 0.25) is 0 Å². The van der Waals surface area contributed by atoms with Crippen LogP contribution in [0.5, 0.6) is 0 Å². The average molecular weight is 607 g/mol. The van der Waals surface area contributed by atoms with Gasteiger partial charge >= 0.3 is 0 Å². The van der Waals surface area contributed by atoms with Crippen molar-refractivity contribution < 1.29 is 8.42 Å². The Morgan fingerprint density at radius 2 is 0.844 bits per heavy atom. The summed E-state index contributed by atoms with van der Waals surface area (Å²) < 4.78 is 26.5. The highest BCUT2D eigenvalue weighted by atomic mass is 32.2. The molecular formula is C34H22N8O2S. The molecule has 4 aromatic heterocycles. The summed E-state index contributed by atoms with van der Waals surface area (Å²) >= 11 is 0. The fraction of sp³-hybridized carbons (Fsp3) is 0. The Bertz CT molecular complexity index is 2920. The maximum Gasteiger partial charge on any atom is 0.199 e. The van der Waals surface area contributed by atoms with Gasteiger partial charge in [-0.3, -0.25) is 0 Å². The quantitative estimate of drug-likeness (QED) is 0.202. The van der Waals surface area contributed by atoms with Crippen molar-refractivity contribution in [3.8, 4) is 0 Å². The predicted octanol–water partition coefficient (Wildman–Crippen LogP) is 5.65. The zero-order valence-corrected chi connectivity index (χ0v) is 24.3. The number of aromatic amines is 4. The summed E-state index contributed by atoms with van der Waals surface area (Å²) in [5.74, 6) is 2.08. The van der Waals surface area contributed by atoms with Gasteiger partial charge in [0, 0.05) is 48.5 Å². The number of nitrogens with one attached hydrogen (secondary N) is 4. The fourth-order valence-corrected chi connectivity index (χ4v) is 7.06. The van der Waals surface area contributed by atoms with E-state index in [0.717, 1.165) is 37.7 Å². The number of sulfone groups is 1. The highest BCUT2D eigenvalue weighted by molar-refractivity contribution is 7.94. The van der Waals surface area contributed by atoms with Gasteiger partial charge < -0.3 is 19.9 Å². The van der Waals surface area contributed by atoms with Crippen LogP contribution in [0.25, 0.3) is 43.1 Å². The SMILES string of the molecule is C=CS(=O)(=O)c1cccc2c3[nH]c(c12)N=c1[nH]c(c2ccccc12)=Nc1[nH]c(c2ccccc12)N=c1[nH]c(c2ccccc12)=N3. The molecule has 1 aliphatic heterocycles. The number of benzene rings is 4. The van der Waals surface area contributed by atoms with Crippen LogP contribution < -0.4 is 22.0 Å². The number of hydrogen-bond donors (Lipinski definition) is 4. The number of rotatable bonds is 2. The lowest BCUT2D eigenvalue weighted by atomic mass is 10.2. The van der Waals surface area contributed by atoms with Gasteiger partial charge in [0.1, 0.15) is 45.2 Å². The van der Waals surface area contributed by atoms with Gasteiger partial charge in [-0.1, -0.05) is 91.5 Å². The second-order valence-electron chi connectivity index (χ2n) is 10.8. The van der Waals surface area contributed by atoms with Gasteiger partial charge in [-0.15, -0.1) is 0 Å². The van der Waals surface area contributed by atoms with Crippen molar-refractivity contribution in [2.75, 3.05) is 0 Å². The van der Waals surface area contributed by atoms with Crippen molar-refractivity contribution in [2.24, 2.45) is 20.0 Å². The second-order valence-corrected chi connectivity index (χ2v) is 12.6. The predicted molar refractivity (Wildman–Crippen MR) is 174 cm³/mol. The first-order valence-electron chi connectivity index (χ1n) is 14.2. The first kappa shape index (κ1) is 25.4. The van der Waals surface area contributed by atoms with E-state index in [2.05, 4.69) is 26.5 Å². The van der Waals surface area contributed by atoms with Gasteiger partial charge in [-0.25, -0.2) is 28.4 Å². The third-order valence-corrected chi connectivity index (χ3v) is 9.59. The maximum absolute atomic E-state index is 13.2. The van der Waals surface area contributed by atoms with Crippen molar-refractivity contribution in [2.45, 2.75) is 4.90 Å². The molecule has 45 heavy (non-hydrogen) atoms. The third kappa shape index (κ3) is 3.77. The Balaban J connectivity index is 1.52. The fourth-order valence-electron chi connectivity index (χ4n) is 6.12. The van der Waals surface area contributed by atoms with Gasteiger partial charge in [-0.2, -0.15) is 0 Å². The molecule has 0 unspecified atom stereocenters. The first-order chi connectivity index (χ1) is 22.0. The van der Waals surface area contributed by atoms with E-state index in [9.17, 15) is 8.42 Å². The maximum atomic E-state index is 13.2. The third-order valence-electron chi connectivity index (χ3n) is 8.20. The van der Waals surface area contributed by atoms with Crippen LogP contribution in [-0.2, 0) is 9.84 Å². The second kappa shape index (κ2) is 9.21. The van der Waals surface area contributed by atoms with Crippen LogP contribution in [0.3, 0.4) is 0 Å². The van der Waals surface area contributed by atoms with Gasteiger partial charge in [0.05, 0.1) is 4.90 Å². The summed E-state index contributed by atoms with van der Waals surface area (Å²) in [7, 11) is -3.83. The zero-order chi connectivity index (χ0) is 30.3. The Morgan fingerprint density at radius 3 is 1.31 bits per heavy atom. The van der Waals surface area contributed by atoms with Gasteiger partial charge in [0.15, 0.2) is 9.84 Å². The smallest absolute Gasteiger partial charge is 0.199 e. The Labute approximate surface area is 253 Å². The van der Waals surface area contributed by atoms with E-state index in [1.807, 2.05) is 78.9 Å². The van der Waals surface area contributed by atoms with Gasteiger partial charge in [0.2, 0.25) is 0 Å². The average Bonchev–Trinajstić information content (AvgIpc) is 3.80. The van der Waals surface area contributed by atoms with Crippen LogP contribution in [0.15, 0.2) is 128 Å². The van der Waals surface area contributed by atoms with E-state index in [1.165, 1.54) is 0 Å². The number of hydrogen-bond acceptors (Lipinski definition) is 6. The van der Waals surface area contributed by atoms with Crippen molar-refractivity contribution in [3.63, 3.8) is 0 Å². The van der Waals surface area contributed by atoms with E-state index < -0.39 is 9.84 Å². The molecule has 8 aromatic rings. The van der Waals surface area contributed by atoms with E-state index in [4.69, 9.17) is 20.0 Å². The van der Waals surface area contributed by atoms with Crippen LogP contribution >= 0.6 is 0 Å². The summed E-state index contributed by atoms with van der Waals surface area (Å²) in [5, 5.41) is 7.23. The molecule has 4 N–H and O–H groups in total. The summed E-state index contributed by atoms with van der Waals surface area (Å²) in [4.78, 5) is 33.7. The zero-order valence-electron chi connectivity index (χ0n) is 23.5. The Morgan fingerprint density at radius 1 is 0.467 bits per heavy atom. The molecule has 0 aliphatic carbocycles. The van der Waals surface area contributed by atoms with E-state index >= 15 is 0 Å². The summed E-state index contributed by atoms with van der Waals surface area (Å²) in [6.07, 6.45) is 0. The Hall–Kier alpha value is -6.07. The van der Waals surface area contributed by atoms with Crippen LogP contribution in [0, 0.1) is 0 Å². The van der Waals surface area contributed by atoms with Crippen LogP contribution in [0.4, 0.5) is 23.3 Å². The lowest BCUT2D eigenvalue weighted by Crippen LogP contribution is -2.10. The molecule has 0 fully saturated rings. The minimum absolute atomic E-state index is 0.0854. The summed E-state index contributed by atoms with van der Waals surface area (Å²) in [6, 6.07) is 28.7. The van der Waals surface area contributed by atoms with Gasteiger partial charge in [-0.05, 0) is 6.07 Å². The van der Waals surface area contributed by atoms with Crippen molar-refractivity contribution in [3.05, 3.63) is 125 Å². The minimum Gasteiger partial charge on any atom is -0.324 e. The minimum atomic E-state index is -3.83. The molecular weight excluding hydrogens is 584 g/mol. The lowest BCUT2D eigenvalue weighted by Gasteiger charge is -2.02.